The molecule has 11 heteroatoms. The number of nitrogens with one attached hydrogen (secondary N) is 1. The number of amides is 3. The molecule has 3 aliphatic heterocycles. The highest BCUT2D eigenvalue weighted by atomic mass is 79.9. The van der Waals surface area contributed by atoms with Crippen molar-refractivity contribution >= 4 is 56.1 Å². The summed E-state index contributed by atoms with van der Waals surface area (Å²) >= 11 is 3.67. The lowest BCUT2D eigenvalue weighted by atomic mass is 9.70. The maximum absolute atomic E-state index is 14.7. The number of allylic oxidation sites excluding steroid dienone is 1. The third kappa shape index (κ3) is 5.93. The van der Waals surface area contributed by atoms with Crippen LogP contribution in [0.25, 0.3) is 10.8 Å². The Hall–Kier alpha value is -3.54. The van der Waals surface area contributed by atoms with Crippen molar-refractivity contribution in [3.05, 3.63) is 67.8 Å². The number of hydrogen-bond donors (Lipinski definition) is 2. The third-order valence-electron chi connectivity index (χ3n) is 9.07. The zero-order valence-electron chi connectivity index (χ0n) is 25.6. The van der Waals surface area contributed by atoms with E-state index in [2.05, 4.69) is 34.4 Å². The molecule has 2 aromatic carbocycles. The van der Waals surface area contributed by atoms with Crippen LogP contribution in [0.1, 0.15) is 33.1 Å². The Balaban J connectivity index is 1.46. The average molecular weight is 683 g/mol. The van der Waals surface area contributed by atoms with E-state index in [1.54, 1.807) is 30.9 Å². The maximum atomic E-state index is 14.7. The molecular weight excluding hydrogens is 642 g/mol. The Kier molecular flexibility index (Phi) is 9.81. The van der Waals surface area contributed by atoms with Crippen LogP contribution in [0.2, 0.25) is 0 Å². The van der Waals surface area contributed by atoms with Crippen molar-refractivity contribution in [3.63, 3.8) is 0 Å². The highest BCUT2D eigenvalue weighted by Crippen LogP contribution is 2.60. The zero-order chi connectivity index (χ0) is 32.5. The fraction of sp³-hybridized carbons (Fsp3) is 0.471. The summed E-state index contributed by atoms with van der Waals surface area (Å²) in [6, 6.07) is 11.7. The second-order valence-corrected chi connectivity index (χ2v) is 13.3. The van der Waals surface area contributed by atoms with Crippen LogP contribution in [0.4, 0.5) is 5.69 Å². The van der Waals surface area contributed by atoms with Crippen molar-refractivity contribution in [2.75, 3.05) is 24.6 Å². The standard InChI is InChI=1S/C34H40BrN3O7/c1-5-7-12-26(40)36-18-21(4)44-33(43)27-28-31(41)38(20(3)19-39)30(34(28)17-25(35)29(27)45-34)32(42)37(15-6-2)24-14-13-22-10-8-9-11-23(22)16-24/h5-6,8-11,13-14,16,20-21,25,27-30,39H,1-2,7,12,15,17-19H2,3-4H3,(H,36,40)/t20-,21-,25?,27+,28-,29+,30+,34-/m1/s1. The van der Waals surface area contributed by atoms with E-state index >= 15 is 0 Å². The van der Waals surface area contributed by atoms with Crippen molar-refractivity contribution in [3.8, 4) is 0 Å². The number of anilines is 1. The molecule has 3 aliphatic rings. The van der Waals surface area contributed by atoms with Gasteiger partial charge in [-0.05, 0) is 49.6 Å². The molecule has 3 fully saturated rings. The molecule has 0 aliphatic carbocycles. The molecule has 3 amide bonds. The molecule has 5 rings (SSSR count). The SMILES string of the molecule is C=CCCC(=O)NC[C@@H](C)OC(=O)[C@@H]1[C@H]2O[C@@]3(CC2Br)[C@H](C(=O)N(CC=C)c2ccc4ccccc4c2)N([C@H](C)CO)C(=O)[C@@H]13. The van der Waals surface area contributed by atoms with Gasteiger partial charge in [0, 0.05) is 23.5 Å². The summed E-state index contributed by atoms with van der Waals surface area (Å²) in [5.41, 5.74) is -0.691. The van der Waals surface area contributed by atoms with E-state index in [1.807, 2.05) is 42.5 Å². The Morgan fingerprint density at radius 3 is 2.62 bits per heavy atom. The van der Waals surface area contributed by atoms with Gasteiger partial charge in [-0.25, -0.2) is 0 Å². The average Bonchev–Trinajstić information content (AvgIpc) is 3.63. The van der Waals surface area contributed by atoms with Gasteiger partial charge in [0.1, 0.15) is 17.7 Å². The van der Waals surface area contributed by atoms with Gasteiger partial charge in [0.2, 0.25) is 11.8 Å². The lowest BCUT2D eigenvalue weighted by molar-refractivity contribution is -0.159. The van der Waals surface area contributed by atoms with E-state index in [1.165, 1.54) is 4.90 Å². The number of benzene rings is 2. The van der Waals surface area contributed by atoms with Crippen molar-refractivity contribution in [2.24, 2.45) is 11.8 Å². The van der Waals surface area contributed by atoms with E-state index in [0.717, 1.165) is 10.8 Å². The van der Waals surface area contributed by atoms with Crippen LogP contribution in [0, 0.1) is 11.8 Å². The molecule has 240 valence electrons. The number of carbonyl (C=O) groups is 4. The lowest BCUT2D eigenvalue weighted by Gasteiger charge is -2.38. The highest BCUT2D eigenvalue weighted by Gasteiger charge is 2.77. The number of carbonyl (C=O) groups excluding carboxylic acids is 4. The first kappa shape index (κ1) is 32.8. The van der Waals surface area contributed by atoms with E-state index in [-0.39, 0.29) is 42.8 Å². The summed E-state index contributed by atoms with van der Waals surface area (Å²) in [6.07, 6.45) is 3.05. The number of rotatable bonds is 13. The second-order valence-electron chi connectivity index (χ2n) is 12.1. The predicted octanol–water partition coefficient (Wildman–Crippen LogP) is 3.50. The van der Waals surface area contributed by atoms with Gasteiger partial charge in [0.05, 0.1) is 37.1 Å². The van der Waals surface area contributed by atoms with Crippen molar-refractivity contribution < 1.29 is 33.8 Å². The normalized spacial score (nSPS) is 28.0. The molecule has 2 N–H and O–H groups in total. The van der Waals surface area contributed by atoms with E-state index in [9.17, 15) is 24.3 Å². The summed E-state index contributed by atoms with van der Waals surface area (Å²) in [4.78, 5) is 57.4. The number of nitrogens with zero attached hydrogens (tertiary/aromatic N) is 2. The number of likely N-dealkylation sites (tertiary alicyclic amines) is 1. The van der Waals surface area contributed by atoms with Crippen LogP contribution in [0.15, 0.2) is 67.8 Å². The van der Waals surface area contributed by atoms with Gasteiger partial charge in [0.25, 0.3) is 5.91 Å². The van der Waals surface area contributed by atoms with Crippen LogP contribution in [0.5, 0.6) is 0 Å². The Morgan fingerprint density at radius 1 is 1.20 bits per heavy atom. The van der Waals surface area contributed by atoms with Crippen LogP contribution in [0.3, 0.4) is 0 Å². The van der Waals surface area contributed by atoms with Gasteiger partial charge in [0.15, 0.2) is 0 Å². The summed E-state index contributed by atoms with van der Waals surface area (Å²) in [5.74, 6) is -3.58. The fourth-order valence-electron chi connectivity index (χ4n) is 7.02. The number of aliphatic hydroxyl groups is 1. The number of fused-ring (bicyclic) bond motifs is 2. The van der Waals surface area contributed by atoms with Gasteiger partial charge in [-0.2, -0.15) is 0 Å². The Bertz CT molecular complexity index is 1500. The maximum Gasteiger partial charge on any atom is 0.312 e. The summed E-state index contributed by atoms with van der Waals surface area (Å²) in [5, 5.41) is 14.9. The molecule has 2 aromatic rings. The molecular formula is C34H40BrN3O7. The number of hydrogen-bond acceptors (Lipinski definition) is 7. The molecule has 3 saturated heterocycles. The first-order chi connectivity index (χ1) is 21.6. The summed E-state index contributed by atoms with van der Waals surface area (Å²) in [7, 11) is 0. The molecule has 1 spiro atoms. The molecule has 2 bridgehead atoms. The molecule has 10 nitrogen and oxygen atoms in total. The third-order valence-corrected chi connectivity index (χ3v) is 9.92. The smallest absolute Gasteiger partial charge is 0.312 e. The fourth-order valence-corrected chi connectivity index (χ4v) is 7.96. The van der Waals surface area contributed by atoms with E-state index in [0.29, 0.717) is 18.5 Å². The van der Waals surface area contributed by atoms with Gasteiger partial charge >= 0.3 is 5.97 Å². The van der Waals surface area contributed by atoms with Crippen molar-refractivity contribution in [1.29, 1.82) is 0 Å². The number of halogens is 1. The van der Waals surface area contributed by atoms with Gasteiger partial charge in [-0.1, -0.05) is 58.4 Å². The Labute approximate surface area is 271 Å². The highest BCUT2D eigenvalue weighted by molar-refractivity contribution is 9.09. The largest absolute Gasteiger partial charge is 0.460 e. The summed E-state index contributed by atoms with van der Waals surface area (Å²) in [6.45, 7) is 10.7. The Morgan fingerprint density at radius 2 is 1.93 bits per heavy atom. The van der Waals surface area contributed by atoms with Crippen LogP contribution in [-0.2, 0) is 28.7 Å². The quantitative estimate of drug-likeness (QED) is 0.188. The molecule has 45 heavy (non-hydrogen) atoms. The molecule has 3 heterocycles. The first-order valence-corrected chi connectivity index (χ1v) is 16.2. The number of alkyl halides is 1. The topological polar surface area (TPSA) is 125 Å². The van der Waals surface area contributed by atoms with Crippen molar-refractivity contribution in [2.45, 2.75) is 67.8 Å². The van der Waals surface area contributed by atoms with E-state index in [4.69, 9.17) is 9.47 Å². The van der Waals surface area contributed by atoms with Crippen LogP contribution >= 0.6 is 15.9 Å². The molecule has 1 unspecified atom stereocenters. The minimum absolute atomic E-state index is 0.110. The number of ether oxygens (including phenoxy) is 2. The molecule has 0 radical (unpaired) electrons. The van der Waals surface area contributed by atoms with E-state index < -0.39 is 53.6 Å². The summed E-state index contributed by atoms with van der Waals surface area (Å²) < 4.78 is 12.3. The lowest BCUT2D eigenvalue weighted by Crippen LogP contribution is -2.58. The minimum Gasteiger partial charge on any atom is -0.460 e. The monoisotopic (exact) mass is 681 g/mol. The van der Waals surface area contributed by atoms with Gasteiger partial charge < -0.3 is 29.7 Å². The number of aliphatic hydroxyl groups excluding tert-OH is 1. The second kappa shape index (κ2) is 13.4. The van der Waals surface area contributed by atoms with Crippen LogP contribution < -0.4 is 10.2 Å². The molecule has 0 saturated carbocycles. The molecule has 8 atom stereocenters. The molecule has 0 aromatic heterocycles. The van der Waals surface area contributed by atoms with Crippen molar-refractivity contribution in [1.82, 2.24) is 10.2 Å². The predicted molar refractivity (Wildman–Crippen MR) is 174 cm³/mol. The zero-order valence-corrected chi connectivity index (χ0v) is 27.1. The minimum atomic E-state index is -1.32. The first-order valence-electron chi connectivity index (χ1n) is 15.3. The number of esters is 1. The van der Waals surface area contributed by atoms with Crippen LogP contribution in [-0.4, -0.2) is 88.1 Å². The van der Waals surface area contributed by atoms with Gasteiger partial charge in [-0.15, -0.1) is 13.2 Å². The van der Waals surface area contributed by atoms with Gasteiger partial charge in [-0.3, -0.25) is 19.2 Å².